The Kier molecular flexibility index (Phi) is 4.38. The van der Waals surface area contributed by atoms with Gasteiger partial charge in [-0.3, -0.25) is 0 Å². The summed E-state index contributed by atoms with van der Waals surface area (Å²) in [7, 11) is 0. The highest BCUT2D eigenvalue weighted by molar-refractivity contribution is 6.17. The Morgan fingerprint density at radius 2 is 2.00 bits per heavy atom. The minimum Gasteiger partial charge on any atom is -0.339 e. The zero-order valence-electron chi connectivity index (χ0n) is 7.85. The number of aromatic nitrogens is 2. The van der Waals surface area contributed by atoms with Crippen LogP contribution in [0.2, 0.25) is 0 Å². The average Bonchev–Trinajstić information content (AvgIpc) is 2.58. The molecule has 0 amide bonds. The van der Waals surface area contributed by atoms with Crippen molar-refractivity contribution < 1.29 is 17.7 Å². The molecule has 0 saturated carbocycles. The molecule has 0 aliphatic rings. The first kappa shape index (κ1) is 12.3. The van der Waals surface area contributed by atoms with E-state index in [2.05, 4.69) is 10.1 Å². The molecular weight excluding hydrogens is 233 g/mol. The van der Waals surface area contributed by atoms with Gasteiger partial charge >= 0.3 is 6.18 Å². The van der Waals surface area contributed by atoms with Crippen molar-refractivity contribution >= 4 is 11.6 Å². The van der Waals surface area contributed by atoms with Crippen LogP contribution in [0.4, 0.5) is 13.2 Å². The Bertz CT molecular complexity index is 300. The molecule has 0 atom stereocenters. The van der Waals surface area contributed by atoms with Crippen molar-refractivity contribution in [2.45, 2.75) is 31.9 Å². The first-order chi connectivity index (χ1) is 7.01. The van der Waals surface area contributed by atoms with E-state index in [4.69, 9.17) is 16.1 Å². The Morgan fingerprint density at radius 3 is 2.60 bits per heavy atom. The number of nitrogens with zero attached hydrogens (tertiary/aromatic N) is 2. The van der Waals surface area contributed by atoms with Crippen LogP contribution >= 0.6 is 11.6 Å². The van der Waals surface area contributed by atoms with E-state index in [-0.39, 0.29) is 12.2 Å². The molecular formula is C8H10ClF3N2O. The molecule has 1 aromatic rings. The largest absolute Gasteiger partial charge is 0.389 e. The fourth-order valence-electron chi connectivity index (χ4n) is 0.965. The van der Waals surface area contributed by atoms with Gasteiger partial charge in [-0.1, -0.05) is 5.16 Å². The Balaban J connectivity index is 2.39. The molecule has 0 unspecified atom stereocenters. The van der Waals surface area contributed by atoms with E-state index in [0.29, 0.717) is 24.6 Å². The second-order valence-corrected chi connectivity index (χ2v) is 3.39. The van der Waals surface area contributed by atoms with Gasteiger partial charge < -0.3 is 4.52 Å². The van der Waals surface area contributed by atoms with Crippen LogP contribution in [0.15, 0.2) is 4.52 Å². The lowest BCUT2D eigenvalue weighted by Crippen LogP contribution is -2.09. The van der Waals surface area contributed by atoms with Gasteiger partial charge in [0.2, 0.25) is 5.89 Å². The number of halogens is 4. The van der Waals surface area contributed by atoms with Crippen molar-refractivity contribution in [1.82, 2.24) is 10.1 Å². The van der Waals surface area contributed by atoms with Crippen LogP contribution in [0.25, 0.3) is 0 Å². The third-order valence-electron chi connectivity index (χ3n) is 1.67. The highest BCUT2D eigenvalue weighted by Crippen LogP contribution is 2.21. The summed E-state index contributed by atoms with van der Waals surface area (Å²) in [5.41, 5.74) is 0. The minimum atomic E-state index is -4.18. The Labute approximate surface area is 89.6 Å². The number of hydrogen-bond donors (Lipinski definition) is 0. The molecule has 0 N–H and O–H groups in total. The van der Waals surface area contributed by atoms with Gasteiger partial charge in [0.25, 0.3) is 0 Å². The lowest BCUT2D eigenvalue weighted by molar-refractivity contribution is -0.134. The van der Waals surface area contributed by atoms with Crippen molar-refractivity contribution in [3.05, 3.63) is 11.7 Å². The fourth-order valence-corrected chi connectivity index (χ4v) is 1.10. The van der Waals surface area contributed by atoms with Crippen LogP contribution in [0, 0.1) is 0 Å². The topological polar surface area (TPSA) is 38.9 Å². The first-order valence-electron chi connectivity index (χ1n) is 4.45. The summed E-state index contributed by atoms with van der Waals surface area (Å²) in [5.74, 6) is 0.894. The predicted molar refractivity (Wildman–Crippen MR) is 47.7 cm³/mol. The lowest BCUT2D eigenvalue weighted by atomic mass is 10.3. The van der Waals surface area contributed by atoms with Gasteiger partial charge in [0, 0.05) is 18.7 Å². The molecule has 15 heavy (non-hydrogen) atoms. The van der Waals surface area contributed by atoms with E-state index in [0.717, 1.165) is 0 Å². The van der Waals surface area contributed by atoms with Crippen LogP contribution in [0.1, 0.15) is 24.6 Å². The summed E-state index contributed by atoms with van der Waals surface area (Å²) in [4.78, 5) is 3.81. The second-order valence-electron chi connectivity index (χ2n) is 3.01. The zero-order chi connectivity index (χ0) is 11.3. The van der Waals surface area contributed by atoms with Gasteiger partial charge in [-0.15, -0.1) is 11.6 Å². The Hall–Kier alpha value is -0.780. The first-order valence-corrected chi connectivity index (χ1v) is 4.99. The van der Waals surface area contributed by atoms with Crippen LogP contribution < -0.4 is 0 Å². The standard InChI is InChI=1S/C8H10ClF3N2O/c9-5-1-2-7-13-6(14-15-7)3-4-8(10,11)12/h1-5H2. The maximum Gasteiger partial charge on any atom is 0.389 e. The van der Waals surface area contributed by atoms with E-state index in [1.54, 1.807) is 0 Å². The molecule has 86 valence electrons. The van der Waals surface area contributed by atoms with Crippen LogP contribution in [0.3, 0.4) is 0 Å². The normalized spacial score (nSPS) is 12.0. The third-order valence-corrected chi connectivity index (χ3v) is 1.93. The third kappa shape index (κ3) is 5.01. The van der Waals surface area contributed by atoms with E-state index in [1.165, 1.54) is 0 Å². The van der Waals surface area contributed by atoms with Crippen molar-refractivity contribution in [3.63, 3.8) is 0 Å². The van der Waals surface area contributed by atoms with E-state index in [9.17, 15) is 13.2 Å². The molecule has 0 saturated heterocycles. The average molecular weight is 243 g/mol. The highest BCUT2D eigenvalue weighted by Gasteiger charge is 2.27. The molecule has 7 heteroatoms. The summed E-state index contributed by atoms with van der Waals surface area (Å²) in [6, 6.07) is 0. The van der Waals surface area contributed by atoms with Crippen molar-refractivity contribution in [1.29, 1.82) is 0 Å². The Morgan fingerprint density at radius 1 is 1.27 bits per heavy atom. The highest BCUT2D eigenvalue weighted by atomic mass is 35.5. The van der Waals surface area contributed by atoms with Gasteiger partial charge in [0.15, 0.2) is 5.82 Å². The predicted octanol–water partition coefficient (Wildman–Crippen LogP) is 2.74. The number of hydrogen-bond acceptors (Lipinski definition) is 3. The van der Waals surface area contributed by atoms with Crippen LogP contribution in [0.5, 0.6) is 0 Å². The molecule has 0 spiro atoms. The second kappa shape index (κ2) is 5.34. The molecule has 0 bridgehead atoms. The molecule has 0 aliphatic carbocycles. The quantitative estimate of drug-likeness (QED) is 0.746. The lowest BCUT2D eigenvalue weighted by Gasteiger charge is -2.01. The molecule has 3 nitrogen and oxygen atoms in total. The number of aryl methyl sites for hydroxylation is 2. The van der Waals surface area contributed by atoms with Crippen molar-refractivity contribution in [2.24, 2.45) is 0 Å². The van der Waals surface area contributed by atoms with Crippen molar-refractivity contribution in [3.8, 4) is 0 Å². The molecule has 0 aliphatic heterocycles. The summed E-state index contributed by atoms with van der Waals surface area (Å²) in [5, 5.41) is 3.44. The zero-order valence-corrected chi connectivity index (χ0v) is 8.61. The molecule has 1 aromatic heterocycles. The maximum atomic E-state index is 11.8. The van der Waals surface area contributed by atoms with E-state index in [1.807, 2.05) is 0 Å². The van der Waals surface area contributed by atoms with E-state index >= 15 is 0 Å². The van der Waals surface area contributed by atoms with Gasteiger partial charge in [-0.05, 0) is 6.42 Å². The van der Waals surface area contributed by atoms with Crippen LogP contribution in [-0.4, -0.2) is 22.2 Å². The monoisotopic (exact) mass is 242 g/mol. The SMILES string of the molecule is FC(F)(F)CCc1noc(CCCCl)n1. The molecule has 1 rings (SSSR count). The number of rotatable bonds is 5. The molecule has 0 radical (unpaired) electrons. The van der Waals surface area contributed by atoms with Gasteiger partial charge in [0.1, 0.15) is 0 Å². The van der Waals surface area contributed by atoms with Crippen molar-refractivity contribution in [2.75, 3.05) is 5.88 Å². The van der Waals surface area contributed by atoms with E-state index < -0.39 is 12.6 Å². The molecule has 1 heterocycles. The number of alkyl halides is 4. The maximum absolute atomic E-state index is 11.8. The van der Waals surface area contributed by atoms with Gasteiger partial charge in [0.05, 0.1) is 6.42 Å². The molecule has 0 aromatic carbocycles. The van der Waals surface area contributed by atoms with Gasteiger partial charge in [-0.25, -0.2) is 0 Å². The fraction of sp³-hybridized carbons (Fsp3) is 0.750. The summed E-state index contributed by atoms with van der Waals surface area (Å²) >= 11 is 5.44. The summed E-state index contributed by atoms with van der Waals surface area (Å²) < 4.78 is 40.3. The van der Waals surface area contributed by atoms with Crippen LogP contribution in [-0.2, 0) is 12.8 Å². The summed E-state index contributed by atoms with van der Waals surface area (Å²) in [6.45, 7) is 0. The smallest absolute Gasteiger partial charge is 0.339 e. The summed E-state index contributed by atoms with van der Waals surface area (Å²) in [6.07, 6.45) is -4.18. The molecule has 0 fully saturated rings. The van der Waals surface area contributed by atoms with Gasteiger partial charge in [-0.2, -0.15) is 18.2 Å². The minimum absolute atomic E-state index is 0.0943.